The molecule has 0 amide bonds. The normalized spacial score (nSPS) is 12.4. The molecule has 3 N–H and O–H groups in total. The molecule has 0 radical (unpaired) electrons. The third-order valence-corrected chi connectivity index (χ3v) is 1.87. The zero-order chi connectivity index (χ0) is 7.40. The molecule has 10 heavy (non-hydrogen) atoms. The van der Waals surface area contributed by atoms with E-state index >= 15 is 0 Å². The lowest BCUT2D eigenvalue weighted by atomic mass is 10.2. The van der Waals surface area contributed by atoms with Crippen molar-refractivity contribution in [1.82, 2.24) is 5.43 Å². The van der Waals surface area contributed by atoms with Crippen LogP contribution in [0.1, 0.15) is 11.6 Å². The van der Waals surface area contributed by atoms with Gasteiger partial charge in [-0.2, -0.15) is 16.6 Å². The van der Waals surface area contributed by atoms with Crippen molar-refractivity contribution in [1.29, 1.82) is 5.26 Å². The second kappa shape index (κ2) is 3.32. The Morgan fingerprint density at radius 1 is 1.80 bits per heavy atom. The number of hydrogen-bond acceptors (Lipinski definition) is 4. The predicted molar refractivity (Wildman–Crippen MR) is 40.0 cm³/mol. The molecule has 52 valence electrons. The van der Waals surface area contributed by atoms with Gasteiger partial charge < -0.3 is 0 Å². The molecular formula is C6H7N3S. The largest absolute Gasteiger partial charge is 0.270 e. The fourth-order valence-corrected chi connectivity index (χ4v) is 1.33. The molecule has 0 saturated carbocycles. The third kappa shape index (κ3) is 1.33. The van der Waals surface area contributed by atoms with E-state index in [1.54, 1.807) is 11.3 Å². The molecule has 0 spiro atoms. The topological polar surface area (TPSA) is 61.8 Å². The molecular weight excluding hydrogens is 146 g/mol. The summed E-state index contributed by atoms with van der Waals surface area (Å²) in [7, 11) is 0. The first kappa shape index (κ1) is 7.22. The number of nitrogens with one attached hydrogen (secondary N) is 1. The highest BCUT2D eigenvalue weighted by molar-refractivity contribution is 7.07. The van der Waals surface area contributed by atoms with Crippen LogP contribution in [0.25, 0.3) is 0 Å². The van der Waals surface area contributed by atoms with E-state index in [1.165, 1.54) is 0 Å². The molecule has 1 atom stereocenters. The van der Waals surface area contributed by atoms with Crippen LogP contribution in [0.2, 0.25) is 0 Å². The molecule has 0 fully saturated rings. The molecule has 0 saturated heterocycles. The molecule has 0 aliphatic carbocycles. The van der Waals surface area contributed by atoms with Crippen molar-refractivity contribution in [2.75, 3.05) is 0 Å². The molecule has 1 rings (SSSR count). The van der Waals surface area contributed by atoms with E-state index in [2.05, 4.69) is 5.43 Å². The van der Waals surface area contributed by atoms with Crippen LogP contribution in [0.4, 0.5) is 0 Å². The van der Waals surface area contributed by atoms with E-state index in [-0.39, 0.29) is 6.04 Å². The quantitative estimate of drug-likeness (QED) is 0.487. The van der Waals surface area contributed by atoms with Crippen molar-refractivity contribution in [2.24, 2.45) is 5.84 Å². The number of nitriles is 1. The Balaban J connectivity index is 2.76. The average molecular weight is 153 g/mol. The first-order valence-electron chi connectivity index (χ1n) is 2.76. The summed E-state index contributed by atoms with van der Waals surface area (Å²) in [6, 6.07) is 3.53. The van der Waals surface area contributed by atoms with Crippen LogP contribution in [0.3, 0.4) is 0 Å². The van der Waals surface area contributed by atoms with Crippen LogP contribution < -0.4 is 11.3 Å². The summed E-state index contributed by atoms with van der Waals surface area (Å²) in [6.45, 7) is 0. The van der Waals surface area contributed by atoms with Crippen molar-refractivity contribution in [3.05, 3.63) is 22.4 Å². The van der Waals surface area contributed by atoms with Gasteiger partial charge in [0.25, 0.3) is 0 Å². The number of hydrogen-bond donors (Lipinski definition) is 2. The minimum absolute atomic E-state index is 0.369. The third-order valence-electron chi connectivity index (χ3n) is 1.17. The van der Waals surface area contributed by atoms with Gasteiger partial charge in [-0.3, -0.25) is 5.84 Å². The maximum Gasteiger partial charge on any atom is 0.134 e. The molecule has 3 nitrogen and oxygen atoms in total. The lowest BCUT2D eigenvalue weighted by Gasteiger charge is -2.02. The predicted octanol–water partition coefficient (Wildman–Crippen LogP) is 0.776. The van der Waals surface area contributed by atoms with Crippen molar-refractivity contribution in [2.45, 2.75) is 6.04 Å². The van der Waals surface area contributed by atoms with Gasteiger partial charge in [-0.15, -0.1) is 0 Å². The molecule has 0 aliphatic rings. The minimum atomic E-state index is -0.369. The number of nitrogens with zero attached hydrogens (tertiary/aromatic N) is 1. The van der Waals surface area contributed by atoms with E-state index in [0.717, 1.165) is 5.56 Å². The molecule has 1 heterocycles. The van der Waals surface area contributed by atoms with Crippen LogP contribution in [0.5, 0.6) is 0 Å². The summed E-state index contributed by atoms with van der Waals surface area (Å²) >= 11 is 1.55. The van der Waals surface area contributed by atoms with E-state index in [9.17, 15) is 0 Å². The van der Waals surface area contributed by atoms with Crippen LogP contribution in [0, 0.1) is 11.3 Å². The second-order valence-electron chi connectivity index (χ2n) is 1.79. The highest BCUT2D eigenvalue weighted by atomic mass is 32.1. The van der Waals surface area contributed by atoms with Crippen LogP contribution in [-0.2, 0) is 0 Å². The van der Waals surface area contributed by atoms with E-state index in [4.69, 9.17) is 11.1 Å². The summed E-state index contributed by atoms with van der Waals surface area (Å²) in [4.78, 5) is 0. The smallest absolute Gasteiger partial charge is 0.134 e. The summed E-state index contributed by atoms with van der Waals surface area (Å²) in [6.07, 6.45) is 0. The molecule has 1 unspecified atom stereocenters. The monoisotopic (exact) mass is 153 g/mol. The summed E-state index contributed by atoms with van der Waals surface area (Å²) in [5, 5.41) is 12.3. The van der Waals surface area contributed by atoms with Gasteiger partial charge in [-0.25, -0.2) is 5.43 Å². The minimum Gasteiger partial charge on any atom is -0.270 e. The van der Waals surface area contributed by atoms with E-state index in [0.29, 0.717) is 0 Å². The second-order valence-corrected chi connectivity index (χ2v) is 2.57. The molecule has 1 aromatic rings. The Kier molecular flexibility index (Phi) is 2.40. The fraction of sp³-hybridized carbons (Fsp3) is 0.167. The summed E-state index contributed by atoms with van der Waals surface area (Å²) in [5.41, 5.74) is 3.33. The number of rotatable bonds is 2. The lowest BCUT2D eigenvalue weighted by Crippen LogP contribution is -2.26. The lowest BCUT2D eigenvalue weighted by molar-refractivity contribution is 0.668. The van der Waals surface area contributed by atoms with Crippen LogP contribution in [0.15, 0.2) is 16.8 Å². The van der Waals surface area contributed by atoms with E-state index < -0.39 is 0 Å². The highest BCUT2D eigenvalue weighted by Gasteiger charge is 2.06. The van der Waals surface area contributed by atoms with Gasteiger partial charge in [0.1, 0.15) is 6.04 Å². The van der Waals surface area contributed by atoms with Gasteiger partial charge in [-0.1, -0.05) is 0 Å². The molecule has 0 bridgehead atoms. The van der Waals surface area contributed by atoms with Gasteiger partial charge >= 0.3 is 0 Å². The van der Waals surface area contributed by atoms with Crippen molar-refractivity contribution in [3.63, 3.8) is 0 Å². The SMILES string of the molecule is N#CC(NN)c1ccsc1. The van der Waals surface area contributed by atoms with Crippen molar-refractivity contribution in [3.8, 4) is 6.07 Å². The Morgan fingerprint density at radius 3 is 3.00 bits per heavy atom. The van der Waals surface area contributed by atoms with Gasteiger partial charge in [-0.05, 0) is 22.4 Å². The Morgan fingerprint density at radius 2 is 2.60 bits per heavy atom. The van der Waals surface area contributed by atoms with Crippen molar-refractivity contribution < 1.29 is 0 Å². The van der Waals surface area contributed by atoms with Crippen molar-refractivity contribution >= 4 is 11.3 Å². The average Bonchev–Trinajstić information content (AvgIpc) is 2.43. The van der Waals surface area contributed by atoms with Gasteiger partial charge in [0.05, 0.1) is 6.07 Å². The van der Waals surface area contributed by atoms with Gasteiger partial charge in [0.15, 0.2) is 0 Å². The highest BCUT2D eigenvalue weighted by Crippen LogP contribution is 2.13. The molecule has 1 aromatic heterocycles. The number of hydrazine groups is 1. The first-order valence-corrected chi connectivity index (χ1v) is 3.70. The van der Waals surface area contributed by atoms with Gasteiger partial charge in [0, 0.05) is 0 Å². The fourth-order valence-electron chi connectivity index (χ4n) is 0.647. The zero-order valence-electron chi connectivity index (χ0n) is 5.24. The zero-order valence-corrected chi connectivity index (χ0v) is 6.06. The number of thiophene rings is 1. The van der Waals surface area contributed by atoms with Crippen LogP contribution in [-0.4, -0.2) is 0 Å². The Labute approximate surface area is 63.1 Å². The molecule has 4 heteroatoms. The maximum atomic E-state index is 8.51. The standard InChI is InChI=1S/C6H7N3S/c7-3-6(9-8)5-1-2-10-4-5/h1-2,4,6,9H,8H2. The molecule has 0 aromatic carbocycles. The first-order chi connectivity index (χ1) is 4.88. The maximum absolute atomic E-state index is 8.51. The van der Waals surface area contributed by atoms with Gasteiger partial charge in [0.2, 0.25) is 0 Å². The van der Waals surface area contributed by atoms with E-state index in [1.807, 2.05) is 22.9 Å². The molecule has 0 aliphatic heterocycles. The summed E-state index contributed by atoms with van der Waals surface area (Å²) in [5.74, 6) is 5.11. The van der Waals surface area contributed by atoms with Crippen LogP contribution >= 0.6 is 11.3 Å². The number of nitrogens with two attached hydrogens (primary N) is 1. The Hall–Kier alpha value is -0.890. The Bertz CT molecular complexity index is 224. The summed E-state index contributed by atoms with van der Waals surface area (Å²) < 4.78 is 0.